The number of likely N-dealkylation sites (N-methyl/N-ethyl adjacent to an activating group) is 1. The van der Waals surface area contributed by atoms with Gasteiger partial charge in [0.25, 0.3) is 5.91 Å². The smallest absolute Gasteiger partial charge is 0.273 e. The molecule has 0 saturated carbocycles. The normalized spacial score (nSPS) is 10.4. The van der Waals surface area contributed by atoms with E-state index in [1.54, 1.807) is 14.1 Å². The number of carbonyl (C=O) groups excluding carboxylic acids is 2. The second-order valence-electron chi connectivity index (χ2n) is 6.69. The maximum absolute atomic E-state index is 12.3. The summed E-state index contributed by atoms with van der Waals surface area (Å²) >= 11 is 0. The molecule has 1 heterocycles. The van der Waals surface area contributed by atoms with E-state index in [0.717, 1.165) is 16.9 Å². The van der Waals surface area contributed by atoms with Crippen molar-refractivity contribution in [3.63, 3.8) is 0 Å². The van der Waals surface area contributed by atoms with Crippen LogP contribution in [0.2, 0.25) is 0 Å². The van der Waals surface area contributed by atoms with Crippen molar-refractivity contribution in [3.8, 4) is 5.75 Å². The molecule has 0 aliphatic heterocycles. The first-order valence-electron chi connectivity index (χ1n) is 9.15. The molecule has 0 aliphatic rings. The predicted molar refractivity (Wildman–Crippen MR) is 107 cm³/mol. The molecule has 1 N–H and O–H groups in total. The lowest BCUT2D eigenvalue weighted by molar-refractivity contribution is -0.129. The van der Waals surface area contributed by atoms with E-state index in [9.17, 15) is 9.59 Å². The van der Waals surface area contributed by atoms with Gasteiger partial charge in [0.05, 0.1) is 6.20 Å². The number of hydrogen-bond donors (Lipinski definition) is 1. The number of rotatable bonds is 8. The zero-order valence-corrected chi connectivity index (χ0v) is 16.4. The Morgan fingerprint density at radius 1 is 1.07 bits per heavy atom. The molecule has 8 heteroatoms. The van der Waals surface area contributed by atoms with Crippen molar-refractivity contribution in [1.29, 1.82) is 0 Å². The van der Waals surface area contributed by atoms with Gasteiger partial charge in [-0.05, 0) is 23.3 Å². The first-order valence-corrected chi connectivity index (χ1v) is 9.15. The number of nitrogens with one attached hydrogen (secondary N) is 1. The van der Waals surface area contributed by atoms with E-state index in [1.807, 2.05) is 54.6 Å². The molecular formula is C21H23N5O3. The summed E-state index contributed by atoms with van der Waals surface area (Å²) in [7, 11) is 3.32. The van der Waals surface area contributed by atoms with Gasteiger partial charge in [-0.15, -0.1) is 5.10 Å². The average Bonchev–Trinajstić information content (AvgIpc) is 3.20. The van der Waals surface area contributed by atoms with Crippen LogP contribution in [0.3, 0.4) is 0 Å². The number of amides is 2. The molecule has 8 nitrogen and oxygen atoms in total. The monoisotopic (exact) mass is 393 g/mol. The topological polar surface area (TPSA) is 89.4 Å². The first kappa shape index (κ1) is 20.1. The summed E-state index contributed by atoms with van der Waals surface area (Å²) in [5.74, 6) is 0.331. The number of benzene rings is 2. The fraction of sp³-hybridized carbons (Fsp3) is 0.238. The molecule has 0 unspecified atom stereocenters. The number of carbonyl (C=O) groups is 2. The van der Waals surface area contributed by atoms with Crippen LogP contribution in [0.15, 0.2) is 60.8 Å². The summed E-state index contributed by atoms with van der Waals surface area (Å²) < 4.78 is 7.10. The Morgan fingerprint density at radius 3 is 2.59 bits per heavy atom. The highest BCUT2D eigenvalue weighted by Crippen LogP contribution is 2.13. The van der Waals surface area contributed by atoms with E-state index in [1.165, 1.54) is 15.8 Å². The third kappa shape index (κ3) is 5.90. The van der Waals surface area contributed by atoms with Crippen molar-refractivity contribution in [2.24, 2.45) is 0 Å². The van der Waals surface area contributed by atoms with Crippen molar-refractivity contribution >= 4 is 11.8 Å². The van der Waals surface area contributed by atoms with Crippen molar-refractivity contribution in [2.45, 2.75) is 19.7 Å². The van der Waals surface area contributed by atoms with Gasteiger partial charge >= 0.3 is 0 Å². The van der Waals surface area contributed by atoms with Gasteiger partial charge in [0, 0.05) is 20.6 Å². The van der Waals surface area contributed by atoms with E-state index in [0.29, 0.717) is 13.2 Å². The standard InChI is InChI=1S/C21H23N5O3/c1-25(2)20(27)14-26-13-19(23-24-26)21(28)22-12-16-7-6-8-17(11-16)15-29-18-9-4-3-5-10-18/h3-11,13H,12,14-15H2,1-2H3,(H,22,28). The Morgan fingerprint density at radius 2 is 1.83 bits per heavy atom. The van der Waals surface area contributed by atoms with Crippen LogP contribution in [-0.2, 0) is 24.5 Å². The van der Waals surface area contributed by atoms with Crippen molar-refractivity contribution in [2.75, 3.05) is 14.1 Å². The van der Waals surface area contributed by atoms with E-state index in [4.69, 9.17) is 4.74 Å². The number of para-hydroxylation sites is 1. The summed E-state index contributed by atoms with van der Waals surface area (Å²) in [6.45, 7) is 0.832. The number of nitrogens with zero attached hydrogens (tertiary/aromatic N) is 4. The Hall–Kier alpha value is -3.68. The number of aromatic nitrogens is 3. The highest BCUT2D eigenvalue weighted by atomic mass is 16.5. The fourth-order valence-corrected chi connectivity index (χ4v) is 2.55. The summed E-state index contributed by atoms with van der Waals surface area (Å²) in [6.07, 6.45) is 1.46. The summed E-state index contributed by atoms with van der Waals surface area (Å²) in [6, 6.07) is 17.4. The molecule has 150 valence electrons. The molecule has 3 rings (SSSR count). The van der Waals surface area contributed by atoms with Crippen molar-refractivity contribution < 1.29 is 14.3 Å². The molecule has 0 saturated heterocycles. The van der Waals surface area contributed by atoms with Crippen LogP contribution in [0, 0.1) is 0 Å². The third-order valence-electron chi connectivity index (χ3n) is 4.16. The van der Waals surface area contributed by atoms with Crippen LogP contribution in [0.4, 0.5) is 0 Å². The van der Waals surface area contributed by atoms with Crippen LogP contribution >= 0.6 is 0 Å². The van der Waals surface area contributed by atoms with E-state index >= 15 is 0 Å². The number of ether oxygens (including phenoxy) is 1. The largest absolute Gasteiger partial charge is 0.489 e. The van der Waals surface area contributed by atoms with E-state index in [-0.39, 0.29) is 24.1 Å². The van der Waals surface area contributed by atoms with Crippen LogP contribution < -0.4 is 10.1 Å². The van der Waals surface area contributed by atoms with Crippen molar-refractivity contribution in [1.82, 2.24) is 25.2 Å². The van der Waals surface area contributed by atoms with E-state index in [2.05, 4.69) is 15.6 Å². The maximum Gasteiger partial charge on any atom is 0.273 e. The molecule has 3 aromatic rings. The maximum atomic E-state index is 12.3. The molecule has 0 radical (unpaired) electrons. The average molecular weight is 393 g/mol. The van der Waals surface area contributed by atoms with Gasteiger partial charge in [-0.25, -0.2) is 4.68 Å². The summed E-state index contributed by atoms with van der Waals surface area (Å²) in [5.41, 5.74) is 2.12. The molecule has 0 bridgehead atoms. The van der Waals surface area contributed by atoms with Gasteiger partial charge in [-0.2, -0.15) is 0 Å². The Kier molecular flexibility index (Phi) is 6.57. The van der Waals surface area contributed by atoms with Crippen LogP contribution in [-0.4, -0.2) is 45.8 Å². The van der Waals surface area contributed by atoms with Gasteiger partial charge in [0.2, 0.25) is 5.91 Å². The SMILES string of the molecule is CN(C)C(=O)Cn1cc(C(=O)NCc2cccc(COc3ccccc3)c2)nn1. The van der Waals surface area contributed by atoms with Gasteiger partial charge in [-0.3, -0.25) is 9.59 Å². The van der Waals surface area contributed by atoms with Gasteiger partial charge in [0.15, 0.2) is 5.69 Å². The minimum Gasteiger partial charge on any atom is -0.489 e. The van der Waals surface area contributed by atoms with Gasteiger partial charge in [0.1, 0.15) is 18.9 Å². The third-order valence-corrected chi connectivity index (χ3v) is 4.16. The zero-order valence-electron chi connectivity index (χ0n) is 16.4. The van der Waals surface area contributed by atoms with Crippen molar-refractivity contribution in [3.05, 3.63) is 77.6 Å². The minimum absolute atomic E-state index is 0.0384. The number of hydrogen-bond acceptors (Lipinski definition) is 5. The highest BCUT2D eigenvalue weighted by Gasteiger charge is 2.13. The molecule has 0 fully saturated rings. The molecule has 0 spiro atoms. The summed E-state index contributed by atoms with van der Waals surface area (Å²) in [5, 5.41) is 10.5. The summed E-state index contributed by atoms with van der Waals surface area (Å²) in [4.78, 5) is 25.5. The molecule has 1 aromatic heterocycles. The Balaban J connectivity index is 1.52. The Labute approximate surface area is 169 Å². The second-order valence-corrected chi connectivity index (χ2v) is 6.69. The molecule has 29 heavy (non-hydrogen) atoms. The second kappa shape index (κ2) is 9.50. The van der Waals surface area contributed by atoms with Crippen LogP contribution in [0.5, 0.6) is 5.75 Å². The zero-order chi connectivity index (χ0) is 20.6. The minimum atomic E-state index is -0.348. The quantitative estimate of drug-likeness (QED) is 0.631. The molecule has 0 aliphatic carbocycles. The molecule has 2 aromatic carbocycles. The van der Waals surface area contributed by atoms with Gasteiger partial charge in [-0.1, -0.05) is 47.7 Å². The first-order chi connectivity index (χ1) is 14.0. The molecule has 2 amide bonds. The van der Waals surface area contributed by atoms with Crippen LogP contribution in [0.25, 0.3) is 0 Å². The molecule has 0 atom stereocenters. The van der Waals surface area contributed by atoms with Crippen LogP contribution in [0.1, 0.15) is 21.6 Å². The molecular weight excluding hydrogens is 370 g/mol. The lowest BCUT2D eigenvalue weighted by Crippen LogP contribution is -2.26. The highest BCUT2D eigenvalue weighted by molar-refractivity contribution is 5.91. The lowest BCUT2D eigenvalue weighted by Gasteiger charge is -2.09. The Bertz CT molecular complexity index is 969. The predicted octanol–water partition coefficient (Wildman–Crippen LogP) is 1.88. The lowest BCUT2D eigenvalue weighted by atomic mass is 10.1. The van der Waals surface area contributed by atoms with Gasteiger partial charge < -0.3 is 15.0 Å². The van der Waals surface area contributed by atoms with E-state index < -0.39 is 0 Å². The fourth-order valence-electron chi connectivity index (χ4n) is 2.55.